The van der Waals surface area contributed by atoms with Gasteiger partial charge in [-0.1, -0.05) is 46.3 Å². The van der Waals surface area contributed by atoms with Crippen LogP contribution in [-0.2, 0) is 4.79 Å². The molecule has 0 aromatic heterocycles. The second kappa shape index (κ2) is 9.79. The first-order valence-corrected chi connectivity index (χ1v) is 9.27. The summed E-state index contributed by atoms with van der Waals surface area (Å²) in [5.41, 5.74) is 1.62. The molecule has 2 aromatic rings. The van der Waals surface area contributed by atoms with E-state index in [9.17, 15) is 10.1 Å². The number of benzene rings is 2. The van der Waals surface area contributed by atoms with Crippen molar-refractivity contribution in [2.75, 3.05) is 13.7 Å². The number of nitriles is 1. The van der Waals surface area contributed by atoms with E-state index in [4.69, 9.17) is 9.47 Å². The summed E-state index contributed by atoms with van der Waals surface area (Å²) in [5.74, 6) is 0.681. The maximum atomic E-state index is 12.5. The number of nitrogens with zero attached hydrogens (tertiary/aromatic N) is 1. The van der Waals surface area contributed by atoms with Crippen molar-refractivity contribution < 1.29 is 14.3 Å². The molecule has 2 aromatic carbocycles. The quantitative estimate of drug-likeness (QED) is 0.514. The van der Waals surface area contributed by atoms with E-state index >= 15 is 0 Å². The summed E-state index contributed by atoms with van der Waals surface area (Å²) in [7, 11) is 1.55. The van der Waals surface area contributed by atoms with Gasteiger partial charge in [-0.2, -0.15) is 5.26 Å². The van der Waals surface area contributed by atoms with Gasteiger partial charge in [0.25, 0.3) is 5.91 Å². The monoisotopic (exact) mass is 428 g/mol. The molecule has 1 atom stereocenters. The van der Waals surface area contributed by atoms with Gasteiger partial charge in [0.05, 0.1) is 19.8 Å². The number of nitrogens with one attached hydrogen (secondary N) is 1. The van der Waals surface area contributed by atoms with E-state index in [1.807, 2.05) is 50.2 Å². The molecule has 140 valence electrons. The van der Waals surface area contributed by atoms with E-state index in [1.54, 1.807) is 19.2 Å². The maximum Gasteiger partial charge on any atom is 0.262 e. The number of halogens is 1. The van der Waals surface area contributed by atoms with Gasteiger partial charge in [-0.25, -0.2) is 0 Å². The summed E-state index contributed by atoms with van der Waals surface area (Å²) in [6.07, 6.45) is 1.53. The first-order valence-electron chi connectivity index (χ1n) is 8.48. The minimum atomic E-state index is -0.436. The van der Waals surface area contributed by atoms with E-state index in [-0.39, 0.29) is 11.6 Å². The van der Waals surface area contributed by atoms with Gasteiger partial charge < -0.3 is 14.8 Å². The third-order valence-electron chi connectivity index (χ3n) is 3.89. The Balaban J connectivity index is 2.28. The topological polar surface area (TPSA) is 71.3 Å². The zero-order valence-corrected chi connectivity index (χ0v) is 17.0. The number of carbonyl (C=O) groups excluding carboxylic acids is 1. The third kappa shape index (κ3) is 5.35. The van der Waals surface area contributed by atoms with Crippen molar-refractivity contribution in [3.63, 3.8) is 0 Å². The Morgan fingerprint density at radius 3 is 2.59 bits per heavy atom. The molecule has 0 bridgehead atoms. The van der Waals surface area contributed by atoms with Crippen LogP contribution < -0.4 is 14.8 Å². The highest BCUT2D eigenvalue weighted by atomic mass is 79.9. The summed E-state index contributed by atoms with van der Waals surface area (Å²) in [4.78, 5) is 12.5. The van der Waals surface area contributed by atoms with E-state index < -0.39 is 5.91 Å². The van der Waals surface area contributed by atoms with Gasteiger partial charge in [0, 0.05) is 4.47 Å². The number of carbonyl (C=O) groups is 1. The molecule has 0 aliphatic heterocycles. The molecule has 0 aliphatic carbocycles. The first-order chi connectivity index (χ1) is 13.0. The summed E-state index contributed by atoms with van der Waals surface area (Å²) in [6, 6.07) is 14.8. The van der Waals surface area contributed by atoms with Gasteiger partial charge >= 0.3 is 0 Å². The fraction of sp³-hybridized carbons (Fsp3) is 0.238. The molecular formula is C21H21BrN2O3. The van der Waals surface area contributed by atoms with Crippen LogP contribution in [0.4, 0.5) is 0 Å². The highest BCUT2D eigenvalue weighted by Gasteiger charge is 2.15. The molecule has 5 nitrogen and oxygen atoms in total. The van der Waals surface area contributed by atoms with Crippen LogP contribution in [0.5, 0.6) is 11.5 Å². The Labute approximate surface area is 167 Å². The number of methoxy groups -OCH3 is 1. The van der Waals surface area contributed by atoms with E-state index in [1.165, 1.54) is 6.08 Å². The Bertz CT molecular complexity index is 873. The molecular weight excluding hydrogens is 408 g/mol. The third-order valence-corrected chi connectivity index (χ3v) is 4.58. The Morgan fingerprint density at radius 1 is 1.30 bits per heavy atom. The Morgan fingerprint density at radius 2 is 2.00 bits per heavy atom. The summed E-state index contributed by atoms with van der Waals surface area (Å²) in [5, 5.41) is 12.3. The van der Waals surface area contributed by atoms with Crippen LogP contribution in [0.15, 0.2) is 52.5 Å². The van der Waals surface area contributed by atoms with Gasteiger partial charge in [-0.3, -0.25) is 4.79 Å². The SMILES string of the molecule is CCOc1cc(/C=C(/C#N)C(=O)N[C@@H](C)c2ccccc2)c(Br)cc1OC. The normalized spacial score (nSPS) is 12.0. The number of rotatable bonds is 7. The number of hydrogen-bond donors (Lipinski definition) is 1. The van der Waals surface area contributed by atoms with Gasteiger partial charge in [-0.05, 0) is 43.2 Å². The molecule has 0 saturated heterocycles. The van der Waals surface area contributed by atoms with Crippen LogP contribution in [0.1, 0.15) is 31.0 Å². The molecule has 0 saturated carbocycles. The predicted octanol–water partition coefficient (Wildman–Crippen LogP) is 4.64. The zero-order valence-electron chi connectivity index (χ0n) is 15.5. The first kappa shape index (κ1) is 20.5. The molecule has 0 unspecified atom stereocenters. The zero-order chi connectivity index (χ0) is 19.8. The van der Waals surface area contributed by atoms with Crippen LogP contribution in [0.3, 0.4) is 0 Å². The van der Waals surface area contributed by atoms with E-state index in [0.29, 0.717) is 28.1 Å². The van der Waals surface area contributed by atoms with Crippen molar-refractivity contribution in [1.82, 2.24) is 5.32 Å². The lowest BCUT2D eigenvalue weighted by molar-refractivity contribution is -0.117. The average molecular weight is 429 g/mol. The Kier molecular flexibility index (Phi) is 7.44. The van der Waals surface area contributed by atoms with Crippen molar-refractivity contribution in [2.24, 2.45) is 0 Å². The van der Waals surface area contributed by atoms with Gasteiger partial charge in [-0.15, -0.1) is 0 Å². The summed E-state index contributed by atoms with van der Waals surface area (Å²) >= 11 is 3.45. The predicted molar refractivity (Wildman–Crippen MR) is 108 cm³/mol. The lowest BCUT2D eigenvalue weighted by Gasteiger charge is -2.14. The van der Waals surface area contributed by atoms with Crippen LogP contribution in [0, 0.1) is 11.3 Å². The lowest BCUT2D eigenvalue weighted by Crippen LogP contribution is -2.27. The molecule has 0 heterocycles. The minimum absolute atomic E-state index is 0.00564. The second-order valence-corrected chi connectivity index (χ2v) is 6.59. The minimum Gasteiger partial charge on any atom is -0.493 e. The van der Waals surface area contributed by atoms with E-state index in [0.717, 1.165) is 5.56 Å². The molecule has 1 amide bonds. The van der Waals surface area contributed by atoms with Crippen LogP contribution in [0.25, 0.3) is 6.08 Å². The average Bonchev–Trinajstić information content (AvgIpc) is 2.68. The van der Waals surface area contributed by atoms with Crippen molar-refractivity contribution >= 4 is 27.9 Å². The molecule has 6 heteroatoms. The smallest absolute Gasteiger partial charge is 0.262 e. The molecule has 1 N–H and O–H groups in total. The highest BCUT2D eigenvalue weighted by molar-refractivity contribution is 9.10. The molecule has 0 radical (unpaired) electrons. The van der Waals surface area contributed by atoms with Crippen LogP contribution in [-0.4, -0.2) is 19.6 Å². The number of hydrogen-bond acceptors (Lipinski definition) is 4. The second-order valence-electron chi connectivity index (χ2n) is 5.73. The maximum absolute atomic E-state index is 12.5. The highest BCUT2D eigenvalue weighted by Crippen LogP contribution is 2.34. The molecule has 0 fully saturated rings. The van der Waals surface area contributed by atoms with Crippen molar-refractivity contribution in [1.29, 1.82) is 5.26 Å². The largest absolute Gasteiger partial charge is 0.493 e. The molecule has 0 spiro atoms. The van der Waals surface area contributed by atoms with Gasteiger partial charge in [0.2, 0.25) is 0 Å². The molecule has 2 rings (SSSR count). The van der Waals surface area contributed by atoms with Crippen LogP contribution in [0.2, 0.25) is 0 Å². The summed E-state index contributed by atoms with van der Waals surface area (Å²) < 4.78 is 11.6. The molecule has 0 aliphatic rings. The summed E-state index contributed by atoms with van der Waals surface area (Å²) in [6.45, 7) is 4.22. The van der Waals surface area contributed by atoms with Gasteiger partial charge in [0.15, 0.2) is 11.5 Å². The van der Waals surface area contributed by atoms with Crippen molar-refractivity contribution in [3.05, 3.63) is 63.6 Å². The lowest BCUT2D eigenvalue weighted by atomic mass is 10.1. The van der Waals surface area contributed by atoms with Crippen molar-refractivity contribution in [3.8, 4) is 17.6 Å². The number of ether oxygens (including phenoxy) is 2. The fourth-order valence-corrected chi connectivity index (χ4v) is 2.93. The molecule has 27 heavy (non-hydrogen) atoms. The standard InChI is InChI=1S/C21H21BrN2O3/c1-4-27-20-11-16(18(22)12-19(20)26-3)10-17(13-23)21(25)24-14(2)15-8-6-5-7-9-15/h5-12,14H,4H2,1-3H3,(H,24,25)/b17-10-/t14-/m0/s1. The Hall–Kier alpha value is -2.78. The van der Waals surface area contributed by atoms with Crippen molar-refractivity contribution in [2.45, 2.75) is 19.9 Å². The van der Waals surface area contributed by atoms with E-state index in [2.05, 4.69) is 21.2 Å². The number of amides is 1. The van der Waals surface area contributed by atoms with Gasteiger partial charge in [0.1, 0.15) is 11.6 Å². The van der Waals surface area contributed by atoms with Crippen LogP contribution >= 0.6 is 15.9 Å². The fourth-order valence-electron chi connectivity index (χ4n) is 2.49.